The minimum absolute atomic E-state index is 0.0169. The number of hydrogen-bond acceptors (Lipinski definition) is 5. The lowest BCUT2D eigenvalue weighted by atomic mass is 10.2. The van der Waals surface area contributed by atoms with E-state index in [9.17, 15) is 4.79 Å². The van der Waals surface area contributed by atoms with E-state index in [0.717, 1.165) is 0 Å². The number of benzene rings is 1. The molecule has 0 aliphatic heterocycles. The van der Waals surface area contributed by atoms with Gasteiger partial charge in [-0.25, -0.2) is 9.48 Å². The second kappa shape index (κ2) is 5.38. The topological polar surface area (TPSA) is 86.5 Å². The van der Waals surface area contributed by atoms with E-state index < -0.39 is 5.97 Å². The predicted molar refractivity (Wildman–Crippen MR) is 65.7 cm³/mol. The van der Waals surface area contributed by atoms with Crippen LogP contribution in [0.2, 0.25) is 0 Å². The van der Waals surface area contributed by atoms with Crippen molar-refractivity contribution < 1.29 is 19.4 Å². The van der Waals surface area contributed by atoms with Crippen LogP contribution in [0.1, 0.15) is 17.3 Å². The lowest BCUT2D eigenvalue weighted by molar-refractivity contribution is 0.0693. The third-order valence-corrected chi connectivity index (χ3v) is 2.52. The number of rotatable bonds is 5. The molecule has 0 radical (unpaired) electrons. The molecule has 1 heterocycles. The first-order valence-electron chi connectivity index (χ1n) is 5.64. The van der Waals surface area contributed by atoms with Crippen molar-refractivity contribution in [2.75, 3.05) is 7.11 Å². The summed E-state index contributed by atoms with van der Waals surface area (Å²) in [5.41, 5.74) is 0.0169. The number of carbonyl (C=O) groups is 1. The van der Waals surface area contributed by atoms with E-state index in [2.05, 4.69) is 10.3 Å². The summed E-state index contributed by atoms with van der Waals surface area (Å²) >= 11 is 0. The Kier molecular flexibility index (Phi) is 3.65. The van der Waals surface area contributed by atoms with Gasteiger partial charge in [0.2, 0.25) is 5.88 Å². The molecule has 0 bridgehead atoms. The van der Waals surface area contributed by atoms with Crippen molar-refractivity contribution in [2.45, 2.75) is 13.5 Å². The second-order valence-corrected chi connectivity index (χ2v) is 3.63. The highest BCUT2D eigenvalue weighted by Crippen LogP contribution is 2.34. The summed E-state index contributed by atoms with van der Waals surface area (Å²) in [7, 11) is 1.45. The van der Waals surface area contributed by atoms with Crippen molar-refractivity contribution >= 4 is 5.97 Å². The van der Waals surface area contributed by atoms with E-state index in [4.69, 9.17) is 14.6 Å². The molecule has 1 aromatic carbocycles. The molecule has 1 N–H and O–H groups in total. The van der Waals surface area contributed by atoms with Crippen LogP contribution in [0.5, 0.6) is 17.4 Å². The summed E-state index contributed by atoms with van der Waals surface area (Å²) in [6.07, 6.45) is 1.42. The SMILES string of the molecule is CCn1nncc1Oc1c(OC)cccc1C(=O)O. The number of para-hydroxylation sites is 1. The van der Waals surface area contributed by atoms with Crippen LogP contribution >= 0.6 is 0 Å². The molecule has 0 amide bonds. The van der Waals surface area contributed by atoms with E-state index in [1.165, 1.54) is 24.1 Å². The molecule has 0 fully saturated rings. The standard InChI is InChI=1S/C12H13N3O4/c1-3-15-10(7-13-14-15)19-11-8(12(16)17)5-4-6-9(11)18-2/h4-7H,3H2,1-2H3,(H,16,17). The van der Waals surface area contributed by atoms with Gasteiger partial charge >= 0.3 is 5.97 Å². The van der Waals surface area contributed by atoms with Crippen LogP contribution in [0.25, 0.3) is 0 Å². The highest BCUT2D eigenvalue weighted by molar-refractivity contribution is 5.92. The van der Waals surface area contributed by atoms with Gasteiger partial charge in [0.15, 0.2) is 11.5 Å². The summed E-state index contributed by atoms with van der Waals surface area (Å²) < 4.78 is 12.2. The van der Waals surface area contributed by atoms with Crippen LogP contribution in [0.4, 0.5) is 0 Å². The summed E-state index contributed by atoms with van der Waals surface area (Å²) in [6.45, 7) is 2.44. The zero-order valence-corrected chi connectivity index (χ0v) is 10.5. The Hall–Kier alpha value is -2.57. The molecule has 2 aromatic rings. The smallest absolute Gasteiger partial charge is 0.339 e. The number of nitrogens with zero attached hydrogens (tertiary/aromatic N) is 3. The Morgan fingerprint density at radius 1 is 1.47 bits per heavy atom. The fourth-order valence-electron chi connectivity index (χ4n) is 1.60. The Bertz CT molecular complexity index is 594. The molecule has 7 nitrogen and oxygen atoms in total. The van der Waals surface area contributed by atoms with Gasteiger partial charge < -0.3 is 14.6 Å². The van der Waals surface area contributed by atoms with Crippen LogP contribution in [0.3, 0.4) is 0 Å². The van der Waals surface area contributed by atoms with Gasteiger partial charge in [0.05, 0.1) is 7.11 Å². The minimum atomic E-state index is -1.09. The fourth-order valence-corrected chi connectivity index (χ4v) is 1.60. The Morgan fingerprint density at radius 2 is 2.26 bits per heavy atom. The second-order valence-electron chi connectivity index (χ2n) is 3.63. The molecule has 100 valence electrons. The highest BCUT2D eigenvalue weighted by atomic mass is 16.5. The number of aromatic carboxylic acids is 1. The van der Waals surface area contributed by atoms with Gasteiger partial charge in [0.25, 0.3) is 0 Å². The number of hydrogen-bond donors (Lipinski definition) is 1. The Morgan fingerprint density at radius 3 is 2.89 bits per heavy atom. The van der Waals surface area contributed by atoms with Crippen LogP contribution in [-0.2, 0) is 6.54 Å². The van der Waals surface area contributed by atoms with Gasteiger partial charge in [-0.1, -0.05) is 11.3 Å². The first kappa shape index (κ1) is 12.9. The lowest BCUT2D eigenvalue weighted by Crippen LogP contribution is -2.05. The number of aromatic nitrogens is 3. The van der Waals surface area contributed by atoms with Gasteiger partial charge in [-0.15, -0.1) is 5.10 Å². The van der Waals surface area contributed by atoms with Crippen LogP contribution in [0, 0.1) is 0 Å². The molecule has 0 spiro atoms. The zero-order chi connectivity index (χ0) is 13.8. The maximum absolute atomic E-state index is 11.2. The van der Waals surface area contributed by atoms with Crippen molar-refractivity contribution in [3.8, 4) is 17.4 Å². The molecule has 0 aliphatic rings. The van der Waals surface area contributed by atoms with Gasteiger partial charge in [0.1, 0.15) is 11.8 Å². The van der Waals surface area contributed by atoms with Crippen molar-refractivity contribution in [3.05, 3.63) is 30.0 Å². The lowest BCUT2D eigenvalue weighted by Gasteiger charge is -2.12. The third-order valence-electron chi connectivity index (χ3n) is 2.52. The molecule has 0 unspecified atom stereocenters. The highest BCUT2D eigenvalue weighted by Gasteiger charge is 2.18. The molecular formula is C12H13N3O4. The summed E-state index contributed by atoms with van der Waals surface area (Å²) in [5.74, 6) is -0.267. The summed E-state index contributed by atoms with van der Waals surface area (Å²) in [5, 5.41) is 16.7. The average Bonchev–Trinajstić information content (AvgIpc) is 2.86. The van der Waals surface area contributed by atoms with Gasteiger partial charge in [-0.3, -0.25) is 0 Å². The monoisotopic (exact) mass is 263 g/mol. The number of carboxylic acid groups (broad SMARTS) is 1. The molecule has 7 heteroatoms. The average molecular weight is 263 g/mol. The first-order chi connectivity index (χ1) is 9.17. The maximum atomic E-state index is 11.2. The Balaban J connectivity index is 2.46. The van der Waals surface area contributed by atoms with E-state index in [1.54, 1.807) is 12.1 Å². The number of carboxylic acids is 1. The van der Waals surface area contributed by atoms with Crippen LogP contribution in [0.15, 0.2) is 24.4 Å². The maximum Gasteiger partial charge on any atom is 0.339 e. The molecule has 0 saturated heterocycles. The molecule has 2 rings (SSSR count). The molecule has 1 aromatic heterocycles. The van der Waals surface area contributed by atoms with E-state index in [1.807, 2.05) is 6.92 Å². The van der Waals surface area contributed by atoms with Gasteiger partial charge in [-0.2, -0.15) is 0 Å². The van der Waals surface area contributed by atoms with Crippen molar-refractivity contribution in [1.29, 1.82) is 0 Å². The number of aryl methyl sites for hydroxylation is 1. The molecule has 0 aliphatic carbocycles. The van der Waals surface area contributed by atoms with Gasteiger partial charge in [-0.05, 0) is 19.1 Å². The van der Waals surface area contributed by atoms with Crippen molar-refractivity contribution in [1.82, 2.24) is 15.0 Å². The normalized spacial score (nSPS) is 10.2. The molecular weight excluding hydrogens is 250 g/mol. The number of methoxy groups -OCH3 is 1. The van der Waals surface area contributed by atoms with E-state index in [0.29, 0.717) is 18.2 Å². The minimum Gasteiger partial charge on any atom is -0.493 e. The largest absolute Gasteiger partial charge is 0.493 e. The molecule has 19 heavy (non-hydrogen) atoms. The van der Waals surface area contributed by atoms with Crippen LogP contribution < -0.4 is 9.47 Å². The number of ether oxygens (including phenoxy) is 2. The molecule has 0 saturated carbocycles. The Labute approximate surface area is 109 Å². The predicted octanol–water partition coefficient (Wildman–Crippen LogP) is 1.80. The summed E-state index contributed by atoms with van der Waals surface area (Å²) in [4.78, 5) is 11.2. The van der Waals surface area contributed by atoms with E-state index in [-0.39, 0.29) is 11.3 Å². The van der Waals surface area contributed by atoms with Crippen LogP contribution in [-0.4, -0.2) is 33.2 Å². The summed E-state index contributed by atoms with van der Waals surface area (Å²) in [6, 6.07) is 4.66. The van der Waals surface area contributed by atoms with E-state index >= 15 is 0 Å². The van der Waals surface area contributed by atoms with Gasteiger partial charge in [0, 0.05) is 6.54 Å². The van der Waals surface area contributed by atoms with Crippen molar-refractivity contribution in [3.63, 3.8) is 0 Å². The van der Waals surface area contributed by atoms with Crippen molar-refractivity contribution in [2.24, 2.45) is 0 Å². The zero-order valence-electron chi connectivity index (χ0n) is 10.5. The molecule has 0 atom stereocenters. The first-order valence-corrected chi connectivity index (χ1v) is 5.64. The fraction of sp³-hybridized carbons (Fsp3) is 0.250. The quantitative estimate of drug-likeness (QED) is 0.885. The third kappa shape index (κ3) is 2.49.